The molecule has 0 saturated carbocycles. The summed E-state index contributed by atoms with van der Waals surface area (Å²) in [7, 11) is 0. The van der Waals surface area contributed by atoms with Crippen molar-refractivity contribution < 1.29 is 14.3 Å². The van der Waals surface area contributed by atoms with E-state index in [9.17, 15) is 14.0 Å². The van der Waals surface area contributed by atoms with Gasteiger partial charge in [-0.1, -0.05) is 18.2 Å². The summed E-state index contributed by atoms with van der Waals surface area (Å²) in [6, 6.07) is 10.3. The van der Waals surface area contributed by atoms with Gasteiger partial charge in [0.15, 0.2) is 0 Å². The highest BCUT2D eigenvalue weighted by Crippen LogP contribution is 2.20. The third-order valence-electron chi connectivity index (χ3n) is 3.04. The van der Waals surface area contributed by atoms with Gasteiger partial charge < -0.3 is 10.1 Å². The van der Waals surface area contributed by atoms with Crippen molar-refractivity contribution in [3.63, 3.8) is 0 Å². The Morgan fingerprint density at radius 2 is 1.90 bits per heavy atom. The van der Waals surface area contributed by atoms with E-state index in [1.807, 2.05) is 0 Å². The van der Waals surface area contributed by atoms with Gasteiger partial charge in [-0.3, -0.25) is 4.57 Å². The second kappa shape index (κ2) is 4.34. The van der Waals surface area contributed by atoms with Crippen molar-refractivity contribution in [2.24, 2.45) is 0 Å². The molecule has 0 spiro atoms. The zero-order valence-electron chi connectivity index (χ0n) is 10.1. The van der Waals surface area contributed by atoms with E-state index >= 15 is 0 Å². The molecule has 2 N–H and O–H groups in total. The molecule has 0 bridgehead atoms. The molecular weight excluding hydrogens is 263 g/mol. The van der Waals surface area contributed by atoms with Crippen molar-refractivity contribution in [1.82, 2.24) is 9.55 Å². The average Bonchev–Trinajstić information content (AvgIpc) is 2.75. The van der Waals surface area contributed by atoms with Crippen LogP contribution in [0, 0.1) is 5.82 Å². The van der Waals surface area contributed by atoms with Crippen LogP contribution >= 0.6 is 0 Å². The number of aromatic nitrogens is 2. The topological polar surface area (TPSA) is 75.1 Å². The van der Waals surface area contributed by atoms with E-state index in [0.717, 1.165) is 4.57 Å². The number of benzene rings is 2. The van der Waals surface area contributed by atoms with Gasteiger partial charge in [0.1, 0.15) is 5.82 Å². The fourth-order valence-corrected chi connectivity index (χ4v) is 2.18. The molecule has 0 aliphatic carbocycles. The van der Waals surface area contributed by atoms with Crippen molar-refractivity contribution in [1.29, 1.82) is 0 Å². The number of carbonyl (C=O) groups is 1. The summed E-state index contributed by atoms with van der Waals surface area (Å²) >= 11 is 0. The van der Waals surface area contributed by atoms with E-state index in [1.165, 1.54) is 30.3 Å². The molecule has 5 nitrogen and oxygen atoms in total. The predicted octanol–water partition coefficient (Wildman–Crippen LogP) is 2.16. The Kier molecular flexibility index (Phi) is 2.64. The average molecular weight is 272 g/mol. The molecule has 0 saturated heterocycles. The molecule has 2 aromatic carbocycles. The van der Waals surface area contributed by atoms with Gasteiger partial charge in [0.2, 0.25) is 0 Å². The number of nitrogens with zero attached hydrogens (tertiary/aromatic N) is 1. The van der Waals surface area contributed by atoms with Crippen molar-refractivity contribution in [2.45, 2.75) is 0 Å². The summed E-state index contributed by atoms with van der Waals surface area (Å²) in [5.74, 6) is -1.71. The molecule has 3 rings (SSSR count). The fourth-order valence-electron chi connectivity index (χ4n) is 2.18. The standard InChI is InChI=1S/C14H9FN2O3/c15-9-5-1-2-6-10(9)17-11-7-3-4-8(13(18)19)12(11)16-14(17)20/h1-7H,(H,16,20)(H,18,19). The first-order valence-corrected chi connectivity index (χ1v) is 5.81. The number of carboxylic acid groups (broad SMARTS) is 1. The zero-order chi connectivity index (χ0) is 14.3. The monoisotopic (exact) mass is 272 g/mol. The lowest BCUT2D eigenvalue weighted by molar-refractivity contribution is 0.0699. The number of nitrogens with one attached hydrogen (secondary N) is 1. The predicted molar refractivity (Wildman–Crippen MR) is 70.8 cm³/mol. The third kappa shape index (κ3) is 1.70. The largest absolute Gasteiger partial charge is 0.478 e. The van der Waals surface area contributed by atoms with E-state index in [4.69, 9.17) is 5.11 Å². The minimum atomic E-state index is -1.16. The van der Waals surface area contributed by atoms with Gasteiger partial charge in [-0.25, -0.2) is 14.0 Å². The number of fused-ring (bicyclic) bond motifs is 1. The van der Waals surface area contributed by atoms with Crippen molar-refractivity contribution in [3.05, 3.63) is 64.3 Å². The van der Waals surface area contributed by atoms with E-state index in [2.05, 4.69) is 4.98 Å². The van der Waals surface area contributed by atoms with Gasteiger partial charge in [-0.15, -0.1) is 0 Å². The molecule has 3 aromatic rings. The highest BCUT2D eigenvalue weighted by atomic mass is 19.1. The molecule has 0 radical (unpaired) electrons. The van der Waals surface area contributed by atoms with Gasteiger partial charge >= 0.3 is 11.7 Å². The van der Waals surface area contributed by atoms with Crippen LogP contribution in [0.15, 0.2) is 47.3 Å². The van der Waals surface area contributed by atoms with Crippen LogP contribution in [0.2, 0.25) is 0 Å². The molecule has 1 heterocycles. The molecule has 0 aliphatic rings. The molecule has 0 fully saturated rings. The molecule has 20 heavy (non-hydrogen) atoms. The Morgan fingerprint density at radius 1 is 1.15 bits per heavy atom. The summed E-state index contributed by atoms with van der Waals surface area (Å²) < 4.78 is 15.0. The van der Waals surface area contributed by atoms with Crippen LogP contribution in [0.4, 0.5) is 4.39 Å². The first-order chi connectivity index (χ1) is 9.59. The number of hydrogen-bond acceptors (Lipinski definition) is 2. The first-order valence-electron chi connectivity index (χ1n) is 5.81. The number of aromatic amines is 1. The molecule has 0 amide bonds. The summed E-state index contributed by atoms with van der Waals surface area (Å²) in [6.45, 7) is 0. The number of carboxylic acids is 1. The van der Waals surface area contributed by atoms with Crippen LogP contribution in [-0.4, -0.2) is 20.6 Å². The first kappa shape index (κ1) is 12.2. The van der Waals surface area contributed by atoms with E-state index in [1.54, 1.807) is 12.1 Å². The summed E-state index contributed by atoms with van der Waals surface area (Å²) in [4.78, 5) is 25.6. The maximum absolute atomic E-state index is 13.8. The Balaban J connectivity index is 2.42. The Hall–Kier alpha value is -2.89. The van der Waals surface area contributed by atoms with Crippen molar-refractivity contribution in [3.8, 4) is 5.69 Å². The van der Waals surface area contributed by atoms with Gasteiger partial charge in [0.05, 0.1) is 22.3 Å². The molecule has 1 aromatic heterocycles. The lowest BCUT2D eigenvalue weighted by Crippen LogP contribution is -2.15. The molecule has 6 heteroatoms. The lowest BCUT2D eigenvalue weighted by atomic mass is 10.2. The molecule has 100 valence electrons. The van der Waals surface area contributed by atoms with Gasteiger partial charge in [0.25, 0.3) is 0 Å². The highest BCUT2D eigenvalue weighted by Gasteiger charge is 2.16. The maximum Gasteiger partial charge on any atom is 0.337 e. The van der Waals surface area contributed by atoms with Crippen molar-refractivity contribution in [2.75, 3.05) is 0 Å². The van der Waals surface area contributed by atoms with Gasteiger partial charge in [-0.05, 0) is 24.3 Å². The number of rotatable bonds is 2. The van der Waals surface area contributed by atoms with Crippen LogP contribution in [0.3, 0.4) is 0 Å². The van der Waals surface area contributed by atoms with Crippen LogP contribution in [0.25, 0.3) is 16.7 Å². The lowest BCUT2D eigenvalue weighted by Gasteiger charge is -2.04. The van der Waals surface area contributed by atoms with E-state index < -0.39 is 17.5 Å². The van der Waals surface area contributed by atoms with Crippen LogP contribution in [0.5, 0.6) is 0 Å². The summed E-state index contributed by atoms with van der Waals surface area (Å²) in [5, 5.41) is 9.10. The summed E-state index contributed by atoms with van der Waals surface area (Å²) in [6.07, 6.45) is 0. The number of para-hydroxylation sites is 2. The molecule has 0 unspecified atom stereocenters. The quantitative estimate of drug-likeness (QED) is 0.750. The molecule has 0 atom stereocenters. The normalized spacial score (nSPS) is 10.8. The maximum atomic E-state index is 13.8. The number of H-pyrrole nitrogens is 1. The molecular formula is C14H9FN2O3. The van der Waals surface area contributed by atoms with Gasteiger partial charge in [0, 0.05) is 0 Å². The van der Waals surface area contributed by atoms with Crippen LogP contribution in [-0.2, 0) is 0 Å². The van der Waals surface area contributed by atoms with E-state index in [0.29, 0.717) is 5.52 Å². The number of halogens is 1. The summed E-state index contributed by atoms with van der Waals surface area (Å²) in [5.41, 5.74) is -0.0481. The van der Waals surface area contributed by atoms with Gasteiger partial charge in [-0.2, -0.15) is 0 Å². The minimum absolute atomic E-state index is 0.0327. The second-order valence-electron chi connectivity index (χ2n) is 4.22. The Labute approximate surface area is 111 Å². The highest BCUT2D eigenvalue weighted by molar-refractivity contribution is 6.01. The molecule has 0 aliphatic heterocycles. The zero-order valence-corrected chi connectivity index (χ0v) is 10.1. The SMILES string of the molecule is O=C(O)c1cccc2c1[nH]c(=O)n2-c1ccccc1F. The smallest absolute Gasteiger partial charge is 0.337 e. The van der Waals surface area contributed by atoms with Crippen molar-refractivity contribution >= 4 is 17.0 Å². The minimum Gasteiger partial charge on any atom is -0.478 e. The number of aromatic carboxylic acids is 1. The van der Waals surface area contributed by atoms with Crippen LogP contribution in [0.1, 0.15) is 10.4 Å². The Morgan fingerprint density at radius 3 is 2.60 bits per heavy atom. The fraction of sp³-hybridized carbons (Fsp3) is 0. The Bertz CT molecular complexity index is 880. The third-order valence-corrected chi connectivity index (χ3v) is 3.04. The van der Waals surface area contributed by atoms with Crippen LogP contribution < -0.4 is 5.69 Å². The second-order valence-corrected chi connectivity index (χ2v) is 4.22. The van der Waals surface area contributed by atoms with E-state index in [-0.39, 0.29) is 16.8 Å². The number of imidazole rings is 1. The number of hydrogen-bond donors (Lipinski definition) is 2.